The molecular formula is C20H19NO3. The summed E-state index contributed by atoms with van der Waals surface area (Å²) in [7, 11) is 1.92. The third-order valence-electron chi connectivity index (χ3n) is 4.58. The van der Waals surface area contributed by atoms with Crippen molar-refractivity contribution in [2.45, 2.75) is 19.3 Å². The number of rotatable bonds is 5. The molecule has 1 N–H and O–H groups in total. The number of aliphatic carboxylic acids is 1. The van der Waals surface area contributed by atoms with E-state index in [1.807, 2.05) is 48.9 Å². The number of carbonyl (C=O) groups excluding carboxylic acids is 1. The molecule has 0 aliphatic carbocycles. The number of ketones is 1. The lowest BCUT2D eigenvalue weighted by molar-refractivity contribution is -0.138. The molecule has 0 radical (unpaired) electrons. The number of aromatic nitrogens is 1. The third kappa shape index (κ3) is 2.71. The number of aryl methyl sites for hydroxylation is 1. The minimum Gasteiger partial charge on any atom is -0.481 e. The van der Waals surface area contributed by atoms with Gasteiger partial charge in [0.15, 0.2) is 5.78 Å². The zero-order chi connectivity index (χ0) is 17.3. The van der Waals surface area contributed by atoms with Gasteiger partial charge >= 0.3 is 5.97 Å². The summed E-state index contributed by atoms with van der Waals surface area (Å²) in [6, 6.07) is 16.5. The predicted molar refractivity (Wildman–Crippen MR) is 93.4 cm³/mol. The first-order valence-electron chi connectivity index (χ1n) is 7.85. The van der Waals surface area contributed by atoms with Crippen LogP contribution in [0.2, 0.25) is 0 Å². The summed E-state index contributed by atoms with van der Waals surface area (Å²) in [4.78, 5) is 24.4. The fourth-order valence-electron chi connectivity index (χ4n) is 3.23. The summed E-state index contributed by atoms with van der Waals surface area (Å²) in [6.07, 6.45) is -0.0474. The molecular weight excluding hydrogens is 302 g/mol. The number of hydrogen-bond donors (Lipinski definition) is 1. The maximum Gasteiger partial charge on any atom is 0.311 e. The van der Waals surface area contributed by atoms with Crippen LogP contribution in [0.3, 0.4) is 0 Å². The van der Waals surface area contributed by atoms with Gasteiger partial charge < -0.3 is 9.67 Å². The zero-order valence-electron chi connectivity index (χ0n) is 13.7. The fraction of sp³-hybridized carbons (Fsp3) is 0.200. The quantitative estimate of drug-likeness (QED) is 0.724. The molecule has 0 spiro atoms. The van der Waals surface area contributed by atoms with E-state index in [-0.39, 0.29) is 12.2 Å². The van der Waals surface area contributed by atoms with Gasteiger partial charge in [-0.05, 0) is 18.6 Å². The molecule has 1 atom stereocenters. The molecule has 2 aromatic carbocycles. The van der Waals surface area contributed by atoms with Crippen molar-refractivity contribution < 1.29 is 14.7 Å². The Morgan fingerprint density at radius 3 is 2.33 bits per heavy atom. The van der Waals surface area contributed by atoms with Crippen LogP contribution in [0.4, 0.5) is 0 Å². The summed E-state index contributed by atoms with van der Waals surface area (Å²) < 4.78 is 1.98. The minimum atomic E-state index is -0.973. The van der Waals surface area contributed by atoms with Gasteiger partial charge in [-0.15, -0.1) is 0 Å². The maximum absolute atomic E-state index is 12.5. The standard InChI is InChI=1S/C20H19NO3/c1-13-19(15-10-6-7-11-17(15)21(13)2)16(20(23)24)12-18(22)14-8-4-3-5-9-14/h3-11,16H,12H2,1-2H3,(H,23,24)/t16-/m0/s1. The highest BCUT2D eigenvalue weighted by molar-refractivity contribution is 6.00. The summed E-state index contributed by atoms with van der Waals surface area (Å²) in [5.41, 5.74) is 3.12. The normalized spacial score (nSPS) is 12.2. The molecule has 0 amide bonds. The molecule has 24 heavy (non-hydrogen) atoms. The van der Waals surface area contributed by atoms with Gasteiger partial charge in [-0.1, -0.05) is 48.5 Å². The van der Waals surface area contributed by atoms with Gasteiger partial charge in [-0.25, -0.2) is 0 Å². The average Bonchev–Trinajstić information content (AvgIpc) is 2.85. The molecule has 0 saturated carbocycles. The summed E-state index contributed by atoms with van der Waals surface area (Å²) in [6.45, 7) is 1.90. The summed E-state index contributed by atoms with van der Waals surface area (Å²) in [5, 5.41) is 10.6. The average molecular weight is 321 g/mol. The molecule has 0 bridgehead atoms. The molecule has 0 aliphatic heterocycles. The van der Waals surface area contributed by atoms with Crippen molar-refractivity contribution in [3.63, 3.8) is 0 Å². The number of fused-ring (bicyclic) bond motifs is 1. The number of benzene rings is 2. The fourth-order valence-corrected chi connectivity index (χ4v) is 3.23. The molecule has 1 aromatic heterocycles. The second-order valence-corrected chi connectivity index (χ2v) is 5.96. The Kier molecular flexibility index (Phi) is 4.21. The van der Waals surface area contributed by atoms with E-state index in [1.54, 1.807) is 24.3 Å². The van der Waals surface area contributed by atoms with Crippen molar-refractivity contribution in [2.24, 2.45) is 7.05 Å². The van der Waals surface area contributed by atoms with Crippen LogP contribution < -0.4 is 0 Å². The first-order valence-corrected chi connectivity index (χ1v) is 7.85. The van der Waals surface area contributed by atoms with E-state index in [9.17, 15) is 14.7 Å². The second kappa shape index (κ2) is 6.32. The first-order chi connectivity index (χ1) is 11.5. The van der Waals surface area contributed by atoms with Crippen molar-refractivity contribution in [1.82, 2.24) is 4.57 Å². The largest absolute Gasteiger partial charge is 0.481 e. The van der Waals surface area contributed by atoms with Gasteiger partial charge in [-0.2, -0.15) is 0 Å². The predicted octanol–water partition coefficient (Wildman–Crippen LogP) is 3.93. The minimum absolute atomic E-state index is 0.0474. The molecule has 0 aliphatic rings. The highest BCUT2D eigenvalue weighted by Gasteiger charge is 2.29. The monoisotopic (exact) mass is 321 g/mol. The van der Waals surface area contributed by atoms with Gasteiger partial charge in [-0.3, -0.25) is 9.59 Å². The Balaban J connectivity index is 2.06. The number of nitrogens with zero attached hydrogens (tertiary/aromatic N) is 1. The highest BCUT2D eigenvalue weighted by atomic mass is 16.4. The molecule has 1 heterocycles. The molecule has 4 heteroatoms. The van der Waals surface area contributed by atoms with Gasteiger partial charge in [0.1, 0.15) is 0 Å². The molecule has 3 rings (SSSR count). The zero-order valence-corrected chi connectivity index (χ0v) is 13.7. The Hall–Kier alpha value is -2.88. The van der Waals surface area contributed by atoms with Gasteiger partial charge in [0, 0.05) is 35.6 Å². The molecule has 0 unspecified atom stereocenters. The Labute approximate surface area is 140 Å². The van der Waals surface area contributed by atoms with Gasteiger partial charge in [0.05, 0.1) is 5.92 Å². The molecule has 4 nitrogen and oxygen atoms in total. The topological polar surface area (TPSA) is 59.3 Å². The van der Waals surface area contributed by atoms with Crippen molar-refractivity contribution in [1.29, 1.82) is 0 Å². The van der Waals surface area contributed by atoms with E-state index >= 15 is 0 Å². The van der Waals surface area contributed by atoms with E-state index in [0.29, 0.717) is 5.56 Å². The van der Waals surface area contributed by atoms with Crippen LogP contribution in [0.15, 0.2) is 54.6 Å². The Bertz CT molecular complexity index is 909. The number of carboxylic acids is 1. The van der Waals surface area contributed by atoms with Crippen LogP contribution in [0.5, 0.6) is 0 Å². The van der Waals surface area contributed by atoms with Crippen molar-refractivity contribution in [2.75, 3.05) is 0 Å². The summed E-state index contributed by atoms with van der Waals surface area (Å²) >= 11 is 0. The number of carboxylic acid groups (broad SMARTS) is 1. The van der Waals surface area contributed by atoms with Crippen LogP contribution in [0.1, 0.15) is 34.0 Å². The lowest BCUT2D eigenvalue weighted by Crippen LogP contribution is -2.17. The first kappa shape index (κ1) is 16.0. The van der Waals surface area contributed by atoms with Crippen LogP contribution in [0.25, 0.3) is 10.9 Å². The van der Waals surface area contributed by atoms with E-state index in [2.05, 4.69) is 0 Å². The number of Topliss-reactive ketones (excluding diaryl/α,β-unsaturated/α-hetero) is 1. The number of hydrogen-bond acceptors (Lipinski definition) is 2. The van der Waals surface area contributed by atoms with Crippen LogP contribution in [-0.4, -0.2) is 21.4 Å². The van der Waals surface area contributed by atoms with Gasteiger partial charge in [0.25, 0.3) is 0 Å². The van der Waals surface area contributed by atoms with Crippen LogP contribution in [0, 0.1) is 6.92 Å². The number of carbonyl (C=O) groups is 2. The van der Waals surface area contributed by atoms with E-state index in [0.717, 1.165) is 22.2 Å². The SMILES string of the molecule is Cc1c([C@H](CC(=O)c2ccccc2)C(=O)O)c2ccccc2n1C. The van der Waals surface area contributed by atoms with Gasteiger partial charge in [0.2, 0.25) is 0 Å². The van der Waals surface area contributed by atoms with E-state index in [4.69, 9.17) is 0 Å². The lowest BCUT2D eigenvalue weighted by Gasteiger charge is -2.13. The lowest BCUT2D eigenvalue weighted by atomic mass is 9.89. The van der Waals surface area contributed by atoms with Crippen molar-refractivity contribution in [3.05, 3.63) is 71.4 Å². The molecule has 3 aromatic rings. The molecule has 0 fully saturated rings. The maximum atomic E-state index is 12.5. The van der Waals surface area contributed by atoms with Crippen molar-refractivity contribution in [3.8, 4) is 0 Å². The molecule has 0 saturated heterocycles. The highest BCUT2D eigenvalue weighted by Crippen LogP contribution is 2.34. The smallest absolute Gasteiger partial charge is 0.311 e. The van der Waals surface area contributed by atoms with Crippen molar-refractivity contribution >= 4 is 22.7 Å². The Morgan fingerprint density at radius 2 is 1.67 bits per heavy atom. The summed E-state index contributed by atoms with van der Waals surface area (Å²) in [5.74, 6) is -1.99. The van der Waals surface area contributed by atoms with Crippen LogP contribution in [-0.2, 0) is 11.8 Å². The van der Waals surface area contributed by atoms with E-state index < -0.39 is 11.9 Å². The second-order valence-electron chi connectivity index (χ2n) is 5.96. The van der Waals surface area contributed by atoms with Crippen LogP contribution >= 0.6 is 0 Å². The molecule has 122 valence electrons. The Morgan fingerprint density at radius 1 is 1.04 bits per heavy atom. The number of para-hydroxylation sites is 1. The third-order valence-corrected chi connectivity index (χ3v) is 4.58. The van der Waals surface area contributed by atoms with E-state index in [1.165, 1.54) is 0 Å².